The number of furan rings is 1. The highest BCUT2D eigenvalue weighted by Crippen LogP contribution is 2.36. The van der Waals surface area contributed by atoms with Crippen molar-refractivity contribution in [2.24, 2.45) is 0 Å². The molecule has 0 unspecified atom stereocenters. The zero-order chi connectivity index (χ0) is 15.0. The van der Waals surface area contributed by atoms with Gasteiger partial charge in [-0.25, -0.2) is 0 Å². The van der Waals surface area contributed by atoms with Crippen molar-refractivity contribution in [1.29, 1.82) is 0 Å². The Balaban J connectivity index is 1.92. The molecule has 0 N–H and O–H groups in total. The molecule has 2 heterocycles. The lowest BCUT2D eigenvalue weighted by molar-refractivity contribution is -0.113. The average molecular weight is 336 g/mol. The van der Waals surface area contributed by atoms with Crippen LogP contribution in [0.4, 0.5) is 5.69 Å². The Morgan fingerprint density at radius 3 is 2.57 bits per heavy atom. The number of halogens is 1. The van der Waals surface area contributed by atoms with Crippen molar-refractivity contribution < 1.29 is 9.21 Å². The third-order valence-corrected chi connectivity index (χ3v) is 4.47. The van der Waals surface area contributed by atoms with E-state index in [2.05, 4.69) is 0 Å². The molecule has 1 aromatic carbocycles. The number of carbonyl (C=O) groups excluding carboxylic acids is 1. The predicted octanol–water partition coefficient (Wildman–Crippen LogP) is 4.65. The minimum atomic E-state index is -0.152. The highest BCUT2D eigenvalue weighted by molar-refractivity contribution is 8.27. The average Bonchev–Trinajstić information content (AvgIpc) is 2.96. The minimum Gasteiger partial charge on any atom is -0.462 e. The molecule has 106 valence electrons. The summed E-state index contributed by atoms with van der Waals surface area (Å²) in [6, 6.07) is 10.7. The molecule has 21 heavy (non-hydrogen) atoms. The summed E-state index contributed by atoms with van der Waals surface area (Å²) >= 11 is 12.4. The first-order chi connectivity index (χ1) is 10.0. The smallest absolute Gasteiger partial charge is 0.270 e. The van der Waals surface area contributed by atoms with Crippen molar-refractivity contribution in [1.82, 2.24) is 0 Å². The lowest BCUT2D eigenvalue weighted by atomic mass is 10.3. The Morgan fingerprint density at radius 2 is 1.95 bits per heavy atom. The van der Waals surface area contributed by atoms with Crippen molar-refractivity contribution in [3.05, 3.63) is 57.8 Å². The van der Waals surface area contributed by atoms with Gasteiger partial charge < -0.3 is 4.42 Å². The van der Waals surface area contributed by atoms with Crippen LogP contribution in [-0.2, 0) is 4.79 Å². The normalized spacial score (nSPS) is 17.0. The molecular formula is C15H10ClNO2S2. The van der Waals surface area contributed by atoms with Crippen LogP contribution in [0.15, 0.2) is 45.7 Å². The van der Waals surface area contributed by atoms with E-state index in [1.165, 1.54) is 16.7 Å². The van der Waals surface area contributed by atoms with E-state index < -0.39 is 0 Å². The molecule has 0 bridgehead atoms. The van der Waals surface area contributed by atoms with Gasteiger partial charge in [0.15, 0.2) is 4.32 Å². The van der Waals surface area contributed by atoms with Crippen molar-refractivity contribution in [2.45, 2.75) is 6.92 Å². The molecule has 0 aliphatic carbocycles. The summed E-state index contributed by atoms with van der Waals surface area (Å²) in [5.74, 6) is 1.29. The lowest BCUT2D eigenvalue weighted by Crippen LogP contribution is -2.27. The fraction of sp³-hybridized carbons (Fsp3) is 0.0667. The van der Waals surface area contributed by atoms with Crippen LogP contribution in [0.5, 0.6) is 0 Å². The van der Waals surface area contributed by atoms with Crippen LogP contribution in [0, 0.1) is 6.92 Å². The Hall–Kier alpha value is -1.56. The molecule has 3 nitrogen and oxygen atoms in total. The maximum absolute atomic E-state index is 12.5. The largest absolute Gasteiger partial charge is 0.462 e. The number of benzene rings is 1. The summed E-state index contributed by atoms with van der Waals surface area (Å²) in [5.41, 5.74) is 0.709. The molecule has 2 aromatic rings. The Bertz CT molecular complexity index is 749. The molecule has 1 aliphatic rings. The molecule has 1 aliphatic heterocycles. The summed E-state index contributed by atoms with van der Waals surface area (Å²) in [5, 5.41) is 0.616. The van der Waals surface area contributed by atoms with Gasteiger partial charge in [0.1, 0.15) is 11.5 Å². The maximum atomic E-state index is 12.5. The number of nitrogens with zero attached hydrogens (tertiary/aromatic N) is 1. The Morgan fingerprint density at radius 1 is 1.24 bits per heavy atom. The molecule has 0 saturated carbocycles. The van der Waals surface area contributed by atoms with Gasteiger partial charge in [-0.1, -0.05) is 35.6 Å². The van der Waals surface area contributed by atoms with Crippen LogP contribution in [0.3, 0.4) is 0 Å². The van der Waals surface area contributed by atoms with Crippen LogP contribution in [0.1, 0.15) is 11.5 Å². The van der Waals surface area contributed by atoms with E-state index >= 15 is 0 Å². The first-order valence-corrected chi connectivity index (χ1v) is 7.75. The number of thioether (sulfide) groups is 1. The molecule has 1 aromatic heterocycles. The molecule has 1 saturated heterocycles. The topological polar surface area (TPSA) is 33.5 Å². The molecule has 3 rings (SSSR count). The fourth-order valence-corrected chi connectivity index (χ4v) is 3.35. The van der Waals surface area contributed by atoms with Gasteiger partial charge in [-0.2, -0.15) is 0 Å². The quantitative estimate of drug-likeness (QED) is 0.591. The van der Waals surface area contributed by atoms with Crippen LogP contribution in [-0.4, -0.2) is 10.2 Å². The predicted molar refractivity (Wildman–Crippen MR) is 90.5 cm³/mol. The van der Waals surface area contributed by atoms with E-state index in [0.29, 0.717) is 25.7 Å². The second kappa shape index (κ2) is 5.67. The fourth-order valence-electron chi connectivity index (χ4n) is 1.94. The van der Waals surface area contributed by atoms with E-state index in [-0.39, 0.29) is 5.91 Å². The summed E-state index contributed by atoms with van der Waals surface area (Å²) in [7, 11) is 0. The lowest BCUT2D eigenvalue weighted by Gasteiger charge is -2.14. The molecule has 0 spiro atoms. The highest BCUT2D eigenvalue weighted by Gasteiger charge is 2.33. The number of carbonyl (C=O) groups is 1. The first kappa shape index (κ1) is 14.4. The number of aryl methyl sites for hydroxylation is 1. The van der Waals surface area contributed by atoms with Crippen LogP contribution in [0.2, 0.25) is 5.02 Å². The third-order valence-electron chi connectivity index (χ3n) is 2.91. The molecular weight excluding hydrogens is 326 g/mol. The molecule has 1 fully saturated rings. The van der Waals surface area contributed by atoms with Gasteiger partial charge in [0.25, 0.3) is 5.91 Å². The number of anilines is 1. The van der Waals surface area contributed by atoms with Gasteiger partial charge in [-0.15, -0.1) is 0 Å². The zero-order valence-corrected chi connectivity index (χ0v) is 13.4. The van der Waals surface area contributed by atoms with E-state index in [9.17, 15) is 4.79 Å². The molecule has 1 amide bonds. The summed E-state index contributed by atoms with van der Waals surface area (Å²) in [4.78, 5) is 14.5. The molecule has 6 heteroatoms. The van der Waals surface area contributed by atoms with Crippen molar-refractivity contribution >= 4 is 57.6 Å². The summed E-state index contributed by atoms with van der Waals surface area (Å²) in [6.45, 7) is 1.86. The second-order valence-corrected chi connectivity index (χ2v) is 6.55. The SMILES string of the molecule is Cc1ccc(/C=C2/SC(=S)N(c3ccc(Cl)cc3)C2=O)o1. The van der Waals surface area contributed by atoms with Crippen molar-refractivity contribution in [3.63, 3.8) is 0 Å². The van der Waals surface area contributed by atoms with Crippen molar-refractivity contribution in [2.75, 3.05) is 4.90 Å². The first-order valence-electron chi connectivity index (χ1n) is 6.14. The number of amides is 1. The Labute approximate surface area is 136 Å². The van der Waals surface area contributed by atoms with Crippen molar-refractivity contribution in [3.8, 4) is 0 Å². The van der Waals surface area contributed by atoms with Gasteiger partial charge in [0.2, 0.25) is 0 Å². The standard InChI is InChI=1S/C15H10ClNO2S2/c1-9-2-7-12(19-9)8-13-14(18)17(15(20)21-13)11-5-3-10(16)4-6-11/h2-8H,1H3/b13-8+. The van der Waals surface area contributed by atoms with Gasteiger partial charge in [-0.3, -0.25) is 9.69 Å². The third kappa shape index (κ3) is 2.90. The number of hydrogen-bond acceptors (Lipinski definition) is 4. The summed E-state index contributed by atoms with van der Waals surface area (Å²) < 4.78 is 5.96. The van der Waals surface area contributed by atoms with Crippen LogP contribution < -0.4 is 4.90 Å². The highest BCUT2D eigenvalue weighted by atomic mass is 35.5. The minimum absolute atomic E-state index is 0.152. The number of rotatable bonds is 2. The van der Waals surface area contributed by atoms with E-state index in [4.69, 9.17) is 28.2 Å². The van der Waals surface area contributed by atoms with E-state index in [1.54, 1.807) is 30.3 Å². The van der Waals surface area contributed by atoms with Gasteiger partial charge in [-0.05, 0) is 43.3 Å². The number of hydrogen-bond donors (Lipinski definition) is 0. The summed E-state index contributed by atoms with van der Waals surface area (Å²) in [6.07, 6.45) is 1.71. The maximum Gasteiger partial charge on any atom is 0.270 e. The zero-order valence-electron chi connectivity index (χ0n) is 11.0. The van der Waals surface area contributed by atoms with E-state index in [1.807, 2.05) is 19.1 Å². The van der Waals surface area contributed by atoms with Crippen LogP contribution in [0.25, 0.3) is 6.08 Å². The number of thiocarbonyl (C=S) groups is 1. The monoisotopic (exact) mass is 335 g/mol. The van der Waals surface area contributed by atoms with Gasteiger partial charge >= 0.3 is 0 Å². The van der Waals surface area contributed by atoms with E-state index in [0.717, 1.165) is 5.76 Å². The van der Waals surface area contributed by atoms with Crippen LogP contribution >= 0.6 is 35.6 Å². The molecule has 0 atom stereocenters. The molecule has 0 radical (unpaired) electrons. The Kier molecular flexibility index (Phi) is 3.89. The second-order valence-electron chi connectivity index (χ2n) is 4.44. The van der Waals surface area contributed by atoms with Gasteiger partial charge in [0, 0.05) is 11.1 Å². The van der Waals surface area contributed by atoms with Gasteiger partial charge in [0.05, 0.1) is 10.6 Å².